The minimum Gasteiger partial charge on any atom is -0.445 e. The summed E-state index contributed by atoms with van der Waals surface area (Å²) in [6.07, 6.45) is 1.54. The molecule has 1 aromatic rings. The Hall–Kier alpha value is -2.24. The molecule has 0 radical (unpaired) electrons. The van der Waals surface area contributed by atoms with Gasteiger partial charge in [-0.05, 0) is 39.2 Å². The van der Waals surface area contributed by atoms with Crippen LogP contribution in [0.4, 0.5) is 9.59 Å². The van der Waals surface area contributed by atoms with Crippen molar-refractivity contribution in [1.29, 1.82) is 0 Å². The molecular formula is C20H28N2O4. The van der Waals surface area contributed by atoms with Gasteiger partial charge in [0, 0.05) is 31.6 Å². The predicted molar refractivity (Wildman–Crippen MR) is 97.7 cm³/mol. The number of rotatable bonds is 5. The zero-order valence-corrected chi connectivity index (χ0v) is 15.8. The second-order valence-corrected chi connectivity index (χ2v) is 8.18. The van der Waals surface area contributed by atoms with Crippen LogP contribution in [0.3, 0.4) is 0 Å². The Kier molecular flexibility index (Phi) is 5.39. The van der Waals surface area contributed by atoms with Crippen LogP contribution in [0.2, 0.25) is 0 Å². The number of amides is 2. The minimum absolute atomic E-state index is 0.245. The van der Waals surface area contributed by atoms with Crippen molar-refractivity contribution in [3.63, 3.8) is 0 Å². The van der Waals surface area contributed by atoms with Crippen LogP contribution in [0, 0.1) is 5.92 Å². The van der Waals surface area contributed by atoms with E-state index in [1.54, 1.807) is 4.90 Å². The van der Waals surface area contributed by atoms with Crippen molar-refractivity contribution in [2.75, 3.05) is 19.6 Å². The zero-order chi connectivity index (χ0) is 18.7. The van der Waals surface area contributed by atoms with E-state index >= 15 is 0 Å². The van der Waals surface area contributed by atoms with Crippen molar-refractivity contribution in [2.24, 2.45) is 5.92 Å². The van der Waals surface area contributed by atoms with Gasteiger partial charge in [0.05, 0.1) is 0 Å². The first kappa shape index (κ1) is 18.5. The maximum atomic E-state index is 12.4. The van der Waals surface area contributed by atoms with Crippen molar-refractivity contribution in [3.05, 3.63) is 35.9 Å². The monoisotopic (exact) mass is 360 g/mol. The van der Waals surface area contributed by atoms with E-state index < -0.39 is 5.60 Å². The quantitative estimate of drug-likeness (QED) is 0.804. The van der Waals surface area contributed by atoms with E-state index in [0.717, 1.165) is 18.4 Å². The molecule has 2 fully saturated rings. The second-order valence-electron chi connectivity index (χ2n) is 8.18. The summed E-state index contributed by atoms with van der Waals surface area (Å²) in [6, 6.07) is 9.93. The number of carbonyl (C=O) groups excluding carboxylic acids is 2. The normalized spacial score (nSPS) is 17.4. The Morgan fingerprint density at radius 1 is 1.15 bits per heavy atom. The first-order valence-electron chi connectivity index (χ1n) is 9.27. The molecule has 6 nitrogen and oxygen atoms in total. The molecule has 1 aliphatic heterocycles. The molecule has 26 heavy (non-hydrogen) atoms. The maximum absolute atomic E-state index is 12.4. The second kappa shape index (κ2) is 7.56. The molecule has 1 saturated heterocycles. The topological polar surface area (TPSA) is 59.1 Å². The molecule has 6 heteroatoms. The van der Waals surface area contributed by atoms with Crippen LogP contribution >= 0.6 is 0 Å². The average Bonchev–Trinajstić information content (AvgIpc) is 3.35. The number of carbonyl (C=O) groups is 2. The van der Waals surface area contributed by atoms with Gasteiger partial charge in [-0.1, -0.05) is 30.3 Å². The molecule has 0 aromatic heterocycles. The Balaban J connectivity index is 1.42. The summed E-state index contributed by atoms with van der Waals surface area (Å²) in [7, 11) is 0. The summed E-state index contributed by atoms with van der Waals surface area (Å²) in [4.78, 5) is 28.0. The molecule has 1 aliphatic carbocycles. The van der Waals surface area contributed by atoms with Crippen LogP contribution in [0.1, 0.15) is 39.2 Å². The lowest BCUT2D eigenvalue weighted by Gasteiger charge is -2.41. The van der Waals surface area contributed by atoms with Crippen molar-refractivity contribution in [1.82, 2.24) is 9.80 Å². The average molecular weight is 360 g/mol. The van der Waals surface area contributed by atoms with Crippen LogP contribution in [0.5, 0.6) is 0 Å². The molecule has 1 aromatic carbocycles. The highest BCUT2D eigenvalue weighted by Crippen LogP contribution is 2.31. The SMILES string of the molecule is CC(C)(C)OC(=O)N(CC1CN(C(=O)OCc2ccccc2)C1)C1CC1. The van der Waals surface area contributed by atoms with E-state index in [9.17, 15) is 9.59 Å². The third-order valence-electron chi connectivity index (χ3n) is 4.49. The van der Waals surface area contributed by atoms with Crippen LogP contribution in [-0.2, 0) is 16.1 Å². The first-order valence-corrected chi connectivity index (χ1v) is 9.27. The molecule has 0 unspecified atom stereocenters. The third kappa shape index (κ3) is 5.13. The lowest BCUT2D eigenvalue weighted by atomic mass is 10.0. The van der Waals surface area contributed by atoms with Crippen LogP contribution in [0.15, 0.2) is 30.3 Å². The van der Waals surface area contributed by atoms with Gasteiger partial charge in [-0.25, -0.2) is 9.59 Å². The summed E-state index contributed by atoms with van der Waals surface area (Å²) in [5.41, 5.74) is 0.486. The van der Waals surface area contributed by atoms with E-state index in [2.05, 4.69) is 0 Å². The molecule has 0 atom stereocenters. The number of hydrogen-bond donors (Lipinski definition) is 0. The maximum Gasteiger partial charge on any atom is 0.410 e. The van der Waals surface area contributed by atoms with Crippen molar-refractivity contribution < 1.29 is 19.1 Å². The molecule has 0 spiro atoms. The summed E-state index contributed by atoms with van der Waals surface area (Å²) in [5.74, 6) is 0.285. The molecule has 3 rings (SSSR count). The van der Waals surface area contributed by atoms with E-state index in [1.165, 1.54) is 0 Å². The number of likely N-dealkylation sites (tertiary alicyclic amines) is 1. The molecule has 2 aliphatic rings. The van der Waals surface area contributed by atoms with E-state index in [0.29, 0.717) is 25.7 Å². The predicted octanol–water partition coefficient (Wildman–Crippen LogP) is 3.65. The van der Waals surface area contributed by atoms with Gasteiger partial charge in [0.2, 0.25) is 0 Å². The smallest absolute Gasteiger partial charge is 0.410 e. The van der Waals surface area contributed by atoms with E-state index in [1.807, 2.05) is 56.0 Å². The van der Waals surface area contributed by atoms with Gasteiger partial charge in [-0.2, -0.15) is 0 Å². The standard InChI is InChI=1S/C20H28N2O4/c1-20(2,3)26-19(24)22(17-9-10-17)13-16-11-21(12-16)18(23)25-14-15-7-5-4-6-8-15/h4-8,16-17H,9-14H2,1-3H3. The molecule has 142 valence electrons. The van der Waals surface area contributed by atoms with Gasteiger partial charge in [0.1, 0.15) is 12.2 Å². The zero-order valence-electron chi connectivity index (χ0n) is 15.8. The van der Waals surface area contributed by atoms with Gasteiger partial charge in [0.15, 0.2) is 0 Å². The molecule has 0 bridgehead atoms. The van der Waals surface area contributed by atoms with Gasteiger partial charge in [0.25, 0.3) is 0 Å². The van der Waals surface area contributed by atoms with Crippen LogP contribution in [0.25, 0.3) is 0 Å². The van der Waals surface area contributed by atoms with Gasteiger partial charge >= 0.3 is 12.2 Å². The summed E-state index contributed by atoms with van der Waals surface area (Å²) in [6.45, 7) is 7.81. The molecule has 1 heterocycles. The number of nitrogens with zero attached hydrogens (tertiary/aromatic N) is 2. The largest absolute Gasteiger partial charge is 0.445 e. The highest BCUT2D eigenvalue weighted by atomic mass is 16.6. The molecule has 1 saturated carbocycles. The first-order chi connectivity index (χ1) is 12.3. The van der Waals surface area contributed by atoms with Crippen molar-refractivity contribution >= 4 is 12.2 Å². The molecule has 0 N–H and O–H groups in total. The molecule has 2 amide bonds. The Bertz CT molecular complexity index is 631. The van der Waals surface area contributed by atoms with Crippen molar-refractivity contribution in [2.45, 2.75) is 51.9 Å². The Labute approximate surface area is 155 Å². The fourth-order valence-electron chi connectivity index (χ4n) is 3.00. The fraction of sp³-hybridized carbons (Fsp3) is 0.600. The van der Waals surface area contributed by atoms with Crippen molar-refractivity contribution in [3.8, 4) is 0 Å². The number of benzene rings is 1. The lowest BCUT2D eigenvalue weighted by molar-refractivity contribution is 0.00633. The van der Waals surface area contributed by atoms with Crippen LogP contribution < -0.4 is 0 Å². The summed E-state index contributed by atoms with van der Waals surface area (Å²) in [5, 5.41) is 0. The minimum atomic E-state index is -0.489. The summed E-state index contributed by atoms with van der Waals surface area (Å²) < 4.78 is 10.9. The Morgan fingerprint density at radius 2 is 1.81 bits per heavy atom. The Morgan fingerprint density at radius 3 is 2.38 bits per heavy atom. The molecular weight excluding hydrogens is 332 g/mol. The number of ether oxygens (including phenoxy) is 2. The third-order valence-corrected chi connectivity index (χ3v) is 4.49. The van der Waals surface area contributed by atoms with Gasteiger partial charge < -0.3 is 19.3 Å². The van der Waals surface area contributed by atoms with Gasteiger partial charge in [-0.15, -0.1) is 0 Å². The van der Waals surface area contributed by atoms with E-state index in [-0.39, 0.29) is 24.7 Å². The summed E-state index contributed by atoms with van der Waals surface area (Å²) >= 11 is 0. The highest BCUT2D eigenvalue weighted by molar-refractivity contribution is 5.70. The highest BCUT2D eigenvalue weighted by Gasteiger charge is 2.40. The number of hydrogen-bond acceptors (Lipinski definition) is 4. The van der Waals surface area contributed by atoms with Crippen LogP contribution in [-0.4, -0.2) is 53.3 Å². The lowest BCUT2D eigenvalue weighted by Crippen LogP contribution is -2.55. The van der Waals surface area contributed by atoms with Gasteiger partial charge in [-0.3, -0.25) is 0 Å². The fourth-order valence-corrected chi connectivity index (χ4v) is 3.00. The van der Waals surface area contributed by atoms with E-state index in [4.69, 9.17) is 9.47 Å².